The molecule has 3 atom stereocenters. The fourth-order valence-corrected chi connectivity index (χ4v) is 7.99. The van der Waals surface area contributed by atoms with Gasteiger partial charge in [-0.25, -0.2) is 0 Å². The lowest BCUT2D eigenvalue weighted by Crippen LogP contribution is -2.46. The first-order valence-corrected chi connectivity index (χ1v) is 27.0. The molecule has 0 heterocycles. The largest absolute Gasteiger partial charge is 0.462 e. The van der Waals surface area contributed by atoms with Gasteiger partial charge in [-0.15, -0.1) is 0 Å². The first-order valence-electron chi connectivity index (χ1n) is 27.0. The van der Waals surface area contributed by atoms with Crippen LogP contribution in [0.1, 0.15) is 265 Å². The smallest absolute Gasteiger partial charge is 0.306 e. The van der Waals surface area contributed by atoms with Crippen LogP contribution in [0.15, 0.2) is 60.8 Å². The lowest BCUT2D eigenvalue weighted by molar-refractivity contribution is -0.151. The molecule has 0 spiro atoms. The van der Waals surface area contributed by atoms with Crippen molar-refractivity contribution in [3.8, 4) is 0 Å². The molecule has 0 aliphatic rings. The number of aliphatic hydroxyl groups is 2. The lowest BCUT2D eigenvalue weighted by Gasteiger charge is -2.24. The van der Waals surface area contributed by atoms with Crippen molar-refractivity contribution in [1.82, 2.24) is 5.32 Å². The van der Waals surface area contributed by atoms with Crippen molar-refractivity contribution in [1.29, 1.82) is 0 Å². The predicted octanol–water partition coefficient (Wildman–Crippen LogP) is 16.4. The van der Waals surface area contributed by atoms with Crippen molar-refractivity contribution in [2.75, 3.05) is 6.61 Å². The second kappa shape index (κ2) is 50.6. The van der Waals surface area contributed by atoms with Crippen LogP contribution in [0, 0.1) is 0 Å². The molecule has 1 amide bonds. The van der Waals surface area contributed by atoms with Crippen LogP contribution in [-0.2, 0) is 14.3 Å². The summed E-state index contributed by atoms with van der Waals surface area (Å²) in [5.74, 6) is -0.507. The van der Waals surface area contributed by atoms with E-state index in [0.717, 1.165) is 89.9 Å². The molecule has 0 aromatic carbocycles. The van der Waals surface area contributed by atoms with E-state index in [1.807, 2.05) is 0 Å². The summed E-state index contributed by atoms with van der Waals surface area (Å²) in [6.07, 6.45) is 62.7. The van der Waals surface area contributed by atoms with E-state index in [1.165, 1.54) is 128 Å². The van der Waals surface area contributed by atoms with E-state index < -0.39 is 18.2 Å². The summed E-state index contributed by atoms with van der Waals surface area (Å²) in [7, 11) is 0. The Hall–Kier alpha value is -2.44. The standard InChI is InChI=1S/C57H103NO5/c1-4-7-10-13-16-19-22-24-26-27-28-30-32-35-38-41-44-47-50-57(62)63-53(48-45-42-39-36-34-31-29-25-23-20-17-14-11-8-5-2)51-56(61)58-54(52-59)55(60)49-46-43-40-37-33-21-18-15-12-9-6-3/h17,20,22,24-30,53-55,59-60H,4-16,18-19,21,23,31-52H2,1-3H3,(H,58,61)/b20-17-,24-22+,27-26+,29-25-,30-28+. The van der Waals surface area contributed by atoms with E-state index in [0.29, 0.717) is 19.3 Å². The molecule has 0 aliphatic heterocycles. The minimum absolute atomic E-state index is 0.0589. The van der Waals surface area contributed by atoms with Crippen LogP contribution < -0.4 is 5.32 Å². The van der Waals surface area contributed by atoms with Gasteiger partial charge in [0.05, 0.1) is 25.2 Å². The van der Waals surface area contributed by atoms with Crippen LogP contribution in [0.25, 0.3) is 0 Å². The number of carbonyl (C=O) groups excluding carboxylic acids is 2. The summed E-state index contributed by atoms with van der Waals surface area (Å²) < 4.78 is 5.93. The quantitative estimate of drug-likeness (QED) is 0.0245. The van der Waals surface area contributed by atoms with Gasteiger partial charge in [-0.1, -0.05) is 229 Å². The maximum absolute atomic E-state index is 13.2. The number of ether oxygens (including phenoxy) is 1. The number of nitrogens with one attached hydrogen (secondary N) is 1. The Morgan fingerprint density at radius 2 is 0.873 bits per heavy atom. The molecule has 3 N–H and O–H groups in total. The summed E-state index contributed by atoms with van der Waals surface area (Å²) in [6, 6.07) is -0.711. The second-order valence-corrected chi connectivity index (χ2v) is 18.3. The van der Waals surface area contributed by atoms with Gasteiger partial charge in [-0.3, -0.25) is 9.59 Å². The molecule has 0 saturated heterocycles. The lowest BCUT2D eigenvalue weighted by atomic mass is 10.0. The highest BCUT2D eigenvalue weighted by molar-refractivity contribution is 5.77. The molecule has 0 bridgehead atoms. The Morgan fingerprint density at radius 1 is 0.476 bits per heavy atom. The molecule has 6 heteroatoms. The SMILES string of the molecule is CCCCC/C=C\C/C=C\CCCCCCCC(CC(=O)NC(CO)C(O)CCCCCCCCCCCCC)OC(=O)CCCCCCC/C=C/C=C/C=C/CCCCCCC. The van der Waals surface area contributed by atoms with Gasteiger partial charge >= 0.3 is 5.97 Å². The predicted molar refractivity (Wildman–Crippen MR) is 273 cm³/mol. The highest BCUT2D eigenvalue weighted by Crippen LogP contribution is 2.17. The number of allylic oxidation sites excluding steroid dienone is 10. The minimum Gasteiger partial charge on any atom is -0.462 e. The van der Waals surface area contributed by atoms with Crippen molar-refractivity contribution in [3.05, 3.63) is 60.8 Å². The fraction of sp³-hybridized carbons (Fsp3) is 0.789. The molecule has 0 aromatic rings. The fourth-order valence-electron chi connectivity index (χ4n) is 7.99. The zero-order chi connectivity index (χ0) is 45.9. The molecule has 3 unspecified atom stereocenters. The Balaban J connectivity index is 4.64. The van der Waals surface area contributed by atoms with Crippen LogP contribution in [0.5, 0.6) is 0 Å². The third kappa shape index (κ3) is 45.9. The highest BCUT2D eigenvalue weighted by Gasteiger charge is 2.24. The van der Waals surface area contributed by atoms with E-state index in [9.17, 15) is 19.8 Å². The minimum atomic E-state index is -0.796. The van der Waals surface area contributed by atoms with Gasteiger partial charge in [-0.05, 0) is 83.5 Å². The number of rotatable bonds is 48. The van der Waals surface area contributed by atoms with Gasteiger partial charge in [0.15, 0.2) is 0 Å². The van der Waals surface area contributed by atoms with E-state index in [-0.39, 0.29) is 24.9 Å². The molecule has 6 nitrogen and oxygen atoms in total. The van der Waals surface area contributed by atoms with Crippen LogP contribution in [0.3, 0.4) is 0 Å². The number of hydrogen-bond donors (Lipinski definition) is 3. The van der Waals surface area contributed by atoms with Crippen molar-refractivity contribution in [3.63, 3.8) is 0 Å². The topological polar surface area (TPSA) is 95.9 Å². The van der Waals surface area contributed by atoms with Gasteiger partial charge in [-0.2, -0.15) is 0 Å². The molecule has 0 saturated carbocycles. The first kappa shape index (κ1) is 60.6. The van der Waals surface area contributed by atoms with Crippen LogP contribution >= 0.6 is 0 Å². The van der Waals surface area contributed by atoms with E-state index in [4.69, 9.17) is 4.74 Å². The van der Waals surface area contributed by atoms with Gasteiger partial charge in [0.1, 0.15) is 6.10 Å². The zero-order valence-electron chi connectivity index (χ0n) is 41.7. The normalized spacial score (nSPS) is 13.7. The molecule has 0 rings (SSSR count). The summed E-state index contributed by atoms with van der Waals surface area (Å²) in [4.78, 5) is 26.2. The molecular weight excluding hydrogens is 779 g/mol. The van der Waals surface area contributed by atoms with Crippen LogP contribution in [0.2, 0.25) is 0 Å². The molecule has 0 fully saturated rings. The van der Waals surface area contributed by atoms with Crippen LogP contribution in [-0.4, -0.2) is 46.9 Å². The monoisotopic (exact) mass is 882 g/mol. The molecule has 0 radical (unpaired) electrons. The number of aliphatic hydroxyl groups excluding tert-OH is 2. The van der Waals surface area contributed by atoms with Gasteiger partial charge in [0.25, 0.3) is 0 Å². The van der Waals surface area contributed by atoms with Crippen molar-refractivity contribution >= 4 is 11.9 Å². The summed E-state index contributed by atoms with van der Waals surface area (Å²) in [5.41, 5.74) is 0. The Labute approximate surface area is 390 Å². The Kier molecular flexibility index (Phi) is 48.6. The molecule has 0 aliphatic carbocycles. The molecular formula is C57H103NO5. The number of amides is 1. The molecule has 63 heavy (non-hydrogen) atoms. The first-order chi connectivity index (χ1) is 31.0. The third-order valence-electron chi connectivity index (χ3n) is 12.1. The molecule has 0 aromatic heterocycles. The summed E-state index contributed by atoms with van der Waals surface area (Å²) in [5, 5.41) is 23.8. The van der Waals surface area contributed by atoms with Crippen molar-refractivity contribution in [2.45, 2.75) is 283 Å². The second-order valence-electron chi connectivity index (χ2n) is 18.3. The Morgan fingerprint density at radius 3 is 1.37 bits per heavy atom. The average molecular weight is 882 g/mol. The zero-order valence-corrected chi connectivity index (χ0v) is 41.7. The number of unbranched alkanes of at least 4 members (excludes halogenated alkanes) is 28. The maximum atomic E-state index is 13.2. The van der Waals surface area contributed by atoms with Gasteiger partial charge < -0.3 is 20.3 Å². The van der Waals surface area contributed by atoms with E-state index in [2.05, 4.69) is 86.8 Å². The van der Waals surface area contributed by atoms with Crippen molar-refractivity contribution < 1.29 is 24.5 Å². The number of carbonyl (C=O) groups is 2. The maximum Gasteiger partial charge on any atom is 0.306 e. The highest BCUT2D eigenvalue weighted by atomic mass is 16.5. The molecule has 366 valence electrons. The third-order valence-corrected chi connectivity index (χ3v) is 12.1. The van der Waals surface area contributed by atoms with Gasteiger partial charge in [0, 0.05) is 6.42 Å². The van der Waals surface area contributed by atoms with E-state index >= 15 is 0 Å². The average Bonchev–Trinajstić information content (AvgIpc) is 3.28. The Bertz CT molecular complexity index is 1130. The number of hydrogen-bond acceptors (Lipinski definition) is 5. The van der Waals surface area contributed by atoms with Crippen LogP contribution in [0.4, 0.5) is 0 Å². The summed E-state index contributed by atoms with van der Waals surface area (Å²) >= 11 is 0. The van der Waals surface area contributed by atoms with E-state index in [1.54, 1.807) is 0 Å². The van der Waals surface area contributed by atoms with Crippen molar-refractivity contribution in [2.24, 2.45) is 0 Å². The number of esters is 1. The summed E-state index contributed by atoms with van der Waals surface area (Å²) in [6.45, 7) is 6.43. The van der Waals surface area contributed by atoms with Gasteiger partial charge in [0.2, 0.25) is 5.91 Å².